The summed E-state index contributed by atoms with van der Waals surface area (Å²) in [6.45, 7) is 0.703. The van der Waals surface area contributed by atoms with Crippen LogP contribution in [0.5, 0.6) is 11.5 Å². The maximum absolute atomic E-state index is 5.70. The Balaban J connectivity index is 1.69. The number of hydrogen-bond acceptors (Lipinski definition) is 6. The van der Waals surface area contributed by atoms with E-state index in [1.807, 2.05) is 18.2 Å². The zero-order valence-corrected chi connectivity index (χ0v) is 11.3. The third-order valence-electron chi connectivity index (χ3n) is 3.23. The molecule has 1 fully saturated rings. The highest BCUT2D eigenvalue weighted by atomic mass is 16.5. The van der Waals surface area contributed by atoms with Crippen LogP contribution in [0.3, 0.4) is 0 Å². The molecule has 6 nitrogen and oxygen atoms in total. The lowest BCUT2D eigenvalue weighted by Crippen LogP contribution is -2.02. The second-order valence-electron chi connectivity index (χ2n) is 4.80. The Morgan fingerprint density at radius 3 is 2.90 bits per heavy atom. The van der Waals surface area contributed by atoms with Crippen LogP contribution in [0.2, 0.25) is 0 Å². The Morgan fingerprint density at radius 2 is 2.20 bits per heavy atom. The van der Waals surface area contributed by atoms with Crippen LogP contribution >= 0.6 is 0 Å². The van der Waals surface area contributed by atoms with E-state index in [0.29, 0.717) is 35.7 Å². The van der Waals surface area contributed by atoms with Crippen molar-refractivity contribution >= 4 is 0 Å². The summed E-state index contributed by atoms with van der Waals surface area (Å²) in [4.78, 5) is 4.32. The van der Waals surface area contributed by atoms with Gasteiger partial charge in [-0.3, -0.25) is 0 Å². The van der Waals surface area contributed by atoms with Crippen molar-refractivity contribution in [1.82, 2.24) is 10.1 Å². The Bertz CT molecular complexity index is 593. The fourth-order valence-electron chi connectivity index (χ4n) is 1.93. The monoisotopic (exact) mass is 275 g/mol. The molecule has 2 N–H and O–H groups in total. The topological polar surface area (TPSA) is 83.4 Å². The van der Waals surface area contributed by atoms with E-state index < -0.39 is 0 Å². The van der Waals surface area contributed by atoms with E-state index in [2.05, 4.69) is 10.1 Å². The molecule has 0 bridgehead atoms. The fraction of sp³-hybridized carbons (Fsp3) is 0.429. The van der Waals surface area contributed by atoms with Crippen molar-refractivity contribution in [3.05, 3.63) is 35.5 Å². The summed E-state index contributed by atoms with van der Waals surface area (Å²) in [7, 11) is 1.60. The average Bonchev–Trinajstić information content (AvgIpc) is 3.24. The van der Waals surface area contributed by atoms with Crippen LogP contribution in [0.1, 0.15) is 36.0 Å². The van der Waals surface area contributed by atoms with Gasteiger partial charge in [-0.2, -0.15) is 4.98 Å². The number of rotatable bonds is 6. The summed E-state index contributed by atoms with van der Waals surface area (Å²) >= 11 is 0. The van der Waals surface area contributed by atoms with Gasteiger partial charge in [0.25, 0.3) is 0 Å². The number of ether oxygens (including phenoxy) is 2. The molecule has 0 radical (unpaired) electrons. The van der Waals surface area contributed by atoms with Crippen LogP contribution in [-0.4, -0.2) is 17.3 Å². The lowest BCUT2D eigenvalue weighted by molar-refractivity contribution is 0.268. The summed E-state index contributed by atoms with van der Waals surface area (Å²) in [6, 6.07) is 5.61. The SMILES string of the molecule is COc1ccc(CN)cc1OCc1noc(C2CC2)n1. The molecule has 6 heteroatoms. The fourth-order valence-corrected chi connectivity index (χ4v) is 1.93. The van der Waals surface area contributed by atoms with Crippen LogP contribution in [-0.2, 0) is 13.2 Å². The second kappa shape index (κ2) is 5.50. The Kier molecular flexibility index (Phi) is 3.56. The van der Waals surface area contributed by atoms with Crippen molar-refractivity contribution < 1.29 is 14.0 Å². The highest BCUT2D eigenvalue weighted by molar-refractivity contribution is 5.42. The summed E-state index contributed by atoms with van der Waals surface area (Å²) < 4.78 is 16.1. The summed E-state index contributed by atoms with van der Waals surface area (Å²) in [5.41, 5.74) is 6.60. The molecule has 0 amide bonds. The molecule has 1 aromatic heterocycles. The average molecular weight is 275 g/mol. The highest BCUT2D eigenvalue weighted by Gasteiger charge is 2.29. The molecule has 1 aromatic carbocycles. The van der Waals surface area contributed by atoms with Crippen molar-refractivity contribution in [2.45, 2.75) is 31.9 Å². The molecule has 0 spiro atoms. The molecule has 0 aliphatic heterocycles. The van der Waals surface area contributed by atoms with E-state index in [-0.39, 0.29) is 6.61 Å². The zero-order chi connectivity index (χ0) is 13.9. The maximum atomic E-state index is 5.70. The molecule has 20 heavy (non-hydrogen) atoms. The third kappa shape index (κ3) is 2.75. The predicted octanol–water partition coefficient (Wildman–Crippen LogP) is 1.99. The summed E-state index contributed by atoms with van der Waals surface area (Å²) in [5.74, 6) is 3.01. The van der Waals surface area contributed by atoms with Gasteiger partial charge < -0.3 is 19.7 Å². The van der Waals surface area contributed by atoms with E-state index in [1.165, 1.54) is 0 Å². The first kappa shape index (κ1) is 12.9. The molecule has 3 rings (SSSR count). The second-order valence-corrected chi connectivity index (χ2v) is 4.80. The van der Waals surface area contributed by atoms with Crippen molar-refractivity contribution in [2.75, 3.05) is 7.11 Å². The van der Waals surface area contributed by atoms with Crippen LogP contribution in [0.4, 0.5) is 0 Å². The van der Waals surface area contributed by atoms with E-state index in [9.17, 15) is 0 Å². The first-order chi connectivity index (χ1) is 9.80. The lowest BCUT2D eigenvalue weighted by atomic mass is 10.2. The normalized spacial score (nSPS) is 14.3. The first-order valence-corrected chi connectivity index (χ1v) is 6.62. The predicted molar refractivity (Wildman–Crippen MR) is 71.5 cm³/mol. The molecule has 0 unspecified atom stereocenters. The molecule has 0 atom stereocenters. The van der Waals surface area contributed by atoms with Gasteiger partial charge in [-0.15, -0.1) is 0 Å². The third-order valence-corrected chi connectivity index (χ3v) is 3.23. The Hall–Kier alpha value is -2.08. The van der Waals surface area contributed by atoms with Crippen molar-refractivity contribution in [3.8, 4) is 11.5 Å². The van der Waals surface area contributed by atoms with Crippen LogP contribution < -0.4 is 15.2 Å². The molecule has 106 valence electrons. The first-order valence-electron chi connectivity index (χ1n) is 6.62. The van der Waals surface area contributed by atoms with Crippen LogP contribution in [0.15, 0.2) is 22.7 Å². The number of nitrogens with two attached hydrogens (primary N) is 1. The summed E-state index contributed by atoms with van der Waals surface area (Å²) in [6.07, 6.45) is 2.27. The number of methoxy groups -OCH3 is 1. The van der Waals surface area contributed by atoms with Crippen molar-refractivity contribution in [2.24, 2.45) is 5.73 Å². The van der Waals surface area contributed by atoms with Gasteiger partial charge >= 0.3 is 0 Å². The van der Waals surface area contributed by atoms with E-state index in [4.69, 9.17) is 19.7 Å². The minimum atomic E-state index is 0.251. The maximum Gasteiger partial charge on any atom is 0.229 e. The van der Waals surface area contributed by atoms with E-state index in [1.54, 1.807) is 7.11 Å². The van der Waals surface area contributed by atoms with Gasteiger partial charge in [-0.1, -0.05) is 11.2 Å². The highest BCUT2D eigenvalue weighted by Crippen LogP contribution is 2.38. The van der Waals surface area contributed by atoms with Crippen LogP contribution in [0, 0.1) is 0 Å². The molecule has 1 saturated carbocycles. The molecular weight excluding hydrogens is 258 g/mol. The smallest absolute Gasteiger partial charge is 0.229 e. The molecule has 1 heterocycles. The van der Waals surface area contributed by atoms with Gasteiger partial charge in [0.2, 0.25) is 11.7 Å². The van der Waals surface area contributed by atoms with E-state index in [0.717, 1.165) is 18.4 Å². The van der Waals surface area contributed by atoms with Gasteiger partial charge in [-0.25, -0.2) is 0 Å². The minimum Gasteiger partial charge on any atom is -0.493 e. The minimum absolute atomic E-state index is 0.251. The molecular formula is C14H17N3O3. The lowest BCUT2D eigenvalue weighted by Gasteiger charge is -2.10. The zero-order valence-electron chi connectivity index (χ0n) is 11.3. The number of hydrogen-bond donors (Lipinski definition) is 1. The summed E-state index contributed by atoms with van der Waals surface area (Å²) in [5, 5.41) is 3.91. The van der Waals surface area contributed by atoms with Gasteiger partial charge in [-0.05, 0) is 30.5 Å². The molecule has 1 aliphatic carbocycles. The van der Waals surface area contributed by atoms with Gasteiger partial charge in [0.05, 0.1) is 7.11 Å². The quantitative estimate of drug-likeness (QED) is 0.868. The van der Waals surface area contributed by atoms with Gasteiger partial charge in [0.1, 0.15) is 0 Å². The van der Waals surface area contributed by atoms with E-state index >= 15 is 0 Å². The standard InChI is InChI=1S/C14H17N3O3/c1-18-11-5-2-9(7-15)6-12(11)19-8-13-16-14(20-17-13)10-3-4-10/h2,5-6,10H,3-4,7-8,15H2,1H3. The number of benzene rings is 1. The molecule has 1 aliphatic rings. The Labute approximate surface area is 116 Å². The largest absolute Gasteiger partial charge is 0.493 e. The molecule has 0 saturated heterocycles. The van der Waals surface area contributed by atoms with Gasteiger partial charge in [0, 0.05) is 12.5 Å². The Morgan fingerprint density at radius 1 is 1.35 bits per heavy atom. The van der Waals surface area contributed by atoms with Gasteiger partial charge in [0.15, 0.2) is 18.1 Å². The van der Waals surface area contributed by atoms with Crippen molar-refractivity contribution in [1.29, 1.82) is 0 Å². The number of nitrogens with zero attached hydrogens (tertiary/aromatic N) is 2. The van der Waals surface area contributed by atoms with Crippen molar-refractivity contribution in [3.63, 3.8) is 0 Å². The van der Waals surface area contributed by atoms with Crippen LogP contribution in [0.25, 0.3) is 0 Å². The number of aromatic nitrogens is 2. The molecule has 2 aromatic rings.